The molecule has 1 aromatic carbocycles. The predicted octanol–water partition coefficient (Wildman–Crippen LogP) is 3.57. The van der Waals surface area contributed by atoms with Gasteiger partial charge >= 0.3 is 0 Å². The van der Waals surface area contributed by atoms with Crippen LogP contribution in [0.15, 0.2) is 22.7 Å². The molecule has 1 saturated heterocycles. The number of nitrogens with zero attached hydrogens (tertiary/aromatic N) is 4. The van der Waals surface area contributed by atoms with Crippen LogP contribution in [0.2, 0.25) is 0 Å². The van der Waals surface area contributed by atoms with Crippen LogP contribution in [0.5, 0.6) is 0 Å². The molecule has 0 aliphatic carbocycles. The van der Waals surface area contributed by atoms with Gasteiger partial charge in [0, 0.05) is 23.4 Å². The highest BCUT2D eigenvalue weighted by molar-refractivity contribution is 5.87. The van der Waals surface area contributed by atoms with E-state index in [1.165, 1.54) is 0 Å². The first kappa shape index (κ1) is 15.9. The van der Waals surface area contributed by atoms with Crippen LogP contribution in [-0.4, -0.2) is 33.3 Å². The van der Waals surface area contributed by atoms with Crippen LogP contribution in [0.3, 0.4) is 0 Å². The highest BCUT2D eigenvalue weighted by Crippen LogP contribution is 2.30. The van der Waals surface area contributed by atoms with Gasteiger partial charge in [-0.1, -0.05) is 11.2 Å². The number of H-pyrrole nitrogens is 1. The monoisotopic (exact) mass is 335 g/mol. The lowest BCUT2D eigenvalue weighted by Crippen LogP contribution is -2.32. The molecule has 128 valence electrons. The maximum Gasteiger partial charge on any atom is 0.141 e. The van der Waals surface area contributed by atoms with E-state index in [9.17, 15) is 0 Å². The number of hydrogen-bond donors (Lipinski definition) is 1. The van der Waals surface area contributed by atoms with Gasteiger partial charge in [0.15, 0.2) is 0 Å². The van der Waals surface area contributed by atoms with E-state index in [2.05, 4.69) is 44.5 Å². The van der Waals surface area contributed by atoms with Crippen LogP contribution >= 0.6 is 0 Å². The maximum atomic E-state index is 9.04. The molecule has 1 aliphatic heterocycles. The van der Waals surface area contributed by atoms with Crippen LogP contribution in [0, 0.1) is 31.1 Å². The van der Waals surface area contributed by atoms with E-state index < -0.39 is 0 Å². The summed E-state index contributed by atoms with van der Waals surface area (Å²) in [5, 5.41) is 21.9. The molecule has 1 aliphatic rings. The summed E-state index contributed by atoms with van der Waals surface area (Å²) in [7, 11) is 0. The van der Waals surface area contributed by atoms with Gasteiger partial charge in [0.25, 0.3) is 0 Å². The van der Waals surface area contributed by atoms with E-state index in [0.717, 1.165) is 71.7 Å². The number of rotatable bonds is 3. The Labute approximate surface area is 146 Å². The minimum absolute atomic E-state index is 0.207. The molecule has 0 amide bonds. The highest BCUT2D eigenvalue weighted by atomic mass is 16.5. The summed E-state index contributed by atoms with van der Waals surface area (Å²) in [6.07, 6.45) is 1.90. The minimum atomic E-state index is 0.207. The number of fused-ring (bicyclic) bond motifs is 1. The number of hydrogen-bond acceptors (Lipinski definition) is 5. The summed E-state index contributed by atoms with van der Waals surface area (Å²) in [4.78, 5) is 2.38. The van der Waals surface area contributed by atoms with E-state index in [1.807, 2.05) is 13.8 Å². The largest absolute Gasteiger partial charge is 0.361 e. The van der Waals surface area contributed by atoms with Crippen molar-refractivity contribution in [2.75, 3.05) is 13.1 Å². The van der Waals surface area contributed by atoms with Crippen molar-refractivity contribution in [2.45, 2.75) is 33.2 Å². The van der Waals surface area contributed by atoms with Gasteiger partial charge < -0.3 is 4.52 Å². The summed E-state index contributed by atoms with van der Waals surface area (Å²) >= 11 is 0. The first-order chi connectivity index (χ1) is 12.2. The average molecular weight is 335 g/mol. The van der Waals surface area contributed by atoms with Gasteiger partial charge in [0.2, 0.25) is 0 Å². The molecule has 0 radical (unpaired) electrons. The molecule has 0 spiro atoms. The second kappa shape index (κ2) is 6.34. The van der Waals surface area contributed by atoms with Crippen LogP contribution in [0.4, 0.5) is 0 Å². The topological polar surface area (TPSA) is 81.7 Å². The van der Waals surface area contributed by atoms with Gasteiger partial charge in [0.1, 0.15) is 5.76 Å². The van der Waals surface area contributed by atoms with E-state index in [1.54, 1.807) is 0 Å². The number of aromatic nitrogens is 3. The van der Waals surface area contributed by atoms with E-state index in [0.29, 0.717) is 0 Å². The summed E-state index contributed by atoms with van der Waals surface area (Å²) in [5.41, 5.74) is 5.16. The first-order valence-corrected chi connectivity index (χ1v) is 8.68. The third-order valence-electron chi connectivity index (χ3n) is 5.11. The second-order valence-corrected chi connectivity index (χ2v) is 6.81. The lowest BCUT2D eigenvalue weighted by atomic mass is 9.98. The standard InChI is InChI=1S/C19H21N5O/c1-12-19(13(2)25-23-12)15-3-4-17-16(9-15)18(22-21-17)11-24-7-5-14(10-20)6-8-24/h3-4,9,14H,5-8,11H2,1-2H3,(H,21,22). The molecule has 4 rings (SSSR count). The number of likely N-dealkylation sites (tertiary alicyclic amines) is 1. The van der Waals surface area contributed by atoms with Gasteiger partial charge in [-0.3, -0.25) is 10.00 Å². The Morgan fingerprint density at radius 3 is 2.80 bits per heavy atom. The van der Waals surface area contributed by atoms with Gasteiger partial charge in [-0.15, -0.1) is 0 Å². The average Bonchev–Trinajstić information content (AvgIpc) is 3.18. The zero-order valence-corrected chi connectivity index (χ0v) is 14.5. The number of aryl methyl sites for hydroxylation is 2. The molecule has 2 aromatic heterocycles. The quantitative estimate of drug-likeness (QED) is 0.791. The van der Waals surface area contributed by atoms with Crippen molar-refractivity contribution >= 4 is 10.9 Å². The summed E-state index contributed by atoms with van der Waals surface area (Å²) in [5.74, 6) is 1.04. The van der Waals surface area contributed by atoms with E-state index >= 15 is 0 Å². The lowest BCUT2D eigenvalue weighted by molar-refractivity contribution is 0.196. The highest BCUT2D eigenvalue weighted by Gasteiger charge is 2.20. The third kappa shape index (κ3) is 2.92. The fourth-order valence-electron chi connectivity index (χ4n) is 3.67. The van der Waals surface area contributed by atoms with Crippen LogP contribution in [0.25, 0.3) is 22.0 Å². The van der Waals surface area contributed by atoms with Crippen LogP contribution < -0.4 is 0 Å². The Hall–Kier alpha value is -2.65. The molecule has 0 atom stereocenters. The van der Waals surface area contributed by atoms with Crippen molar-refractivity contribution in [3.63, 3.8) is 0 Å². The zero-order chi connectivity index (χ0) is 17.4. The molecular formula is C19H21N5O. The van der Waals surface area contributed by atoms with Gasteiger partial charge in [0.05, 0.1) is 23.0 Å². The van der Waals surface area contributed by atoms with Crippen molar-refractivity contribution in [3.8, 4) is 17.2 Å². The molecule has 0 unspecified atom stereocenters. The van der Waals surface area contributed by atoms with Crippen LogP contribution in [-0.2, 0) is 6.54 Å². The number of piperidine rings is 1. The molecule has 25 heavy (non-hydrogen) atoms. The van der Waals surface area contributed by atoms with E-state index in [-0.39, 0.29) is 5.92 Å². The Kier molecular flexibility index (Phi) is 4.02. The lowest BCUT2D eigenvalue weighted by Gasteiger charge is -2.28. The second-order valence-electron chi connectivity index (χ2n) is 6.81. The maximum absolute atomic E-state index is 9.04. The molecule has 0 saturated carbocycles. The smallest absolute Gasteiger partial charge is 0.141 e. The molecule has 1 fully saturated rings. The predicted molar refractivity (Wildman–Crippen MR) is 94.7 cm³/mol. The summed E-state index contributed by atoms with van der Waals surface area (Å²) in [6, 6.07) is 8.70. The first-order valence-electron chi connectivity index (χ1n) is 8.68. The molecule has 3 aromatic rings. The van der Waals surface area contributed by atoms with Crippen LogP contribution in [0.1, 0.15) is 30.0 Å². The molecule has 1 N–H and O–H groups in total. The fraction of sp³-hybridized carbons (Fsp3) is 0.421. The van der Waals surface area contributed by atoms with Crippen molar-refractivity contribution in [1.29, 1.82) is 5.26 Å². The minimum Gasteiger partial charge on any atom is -0.361 e. The SMILES string of the molecule is Cc1noc(C)c1-c1ccc2[nH]nc(CN3CCC(C#N)CC3)c2c1. The molecule has 0 bridgehead atoms. The van der Waals surface area contributed by atoms with Gasteiger partial charge in [-0.05, 0) is 57.5 Å². The Balaban J connectivity index is 1.63. The number of aromatic amines is 1. The third-order valence-corrected chi connectivity index (χ3v) is 5.11. The van der Waals surface area contributed by atoms with Crippen molar-refractivity contribution in [2.24, 2.45) is 5.92 Å². The Bertz CT molecular complexity index is 921. The molecule has 3 heterocycles. The summed E-state index contributed by atoms with van der Waals surface area (Å²) in [6.45, 7) is 6.62. The van der Waals surface area contributed by atoms with E-state index in [4.69, 9.17) is 9.78 Å². The zero-order valence-electron chi connectivity index (χ0n) is 14.5. The number of nitriles is 1. The summed E-state index contributed by atoms with van der Waals surface area (Å²) < 4.78 is 5.31. The van der Waals surface area contributed by atoms with Crippen molar-refractivity contribution < 1.29 is 4.52 Å². The van der Waals surface area contributed by atoms with Crippen molar-refractivity contribution in [1.82, 2.24) is 20.3 Å². The van der Waals surface area contributed by atoms with Crippen molar-refractivity contribution in [3.05, 3.63) is 35.3 Å². The molecular weight excluding hydrogens is 314 g/mol. The normalized spacial score (nSPS) is 16.4. The fourth-order valence-corrected chi connectivity index (χ4v) is 3.67. The molecule has 6 heteroatoms. The van der Waals surface area contributed by atoms with Gasteiger partial charge in [-0.2, -0.15) is 10.4 Å². The Morgan fingerprint density at radius 2 is 2.12 bits per heavy atom. The van der Waals surface area contributed by atoms with Gasteiger partial charge in [-0.25, -0.2) is 0 Å². The molecule has 6 nitrogen and oxygen atoms in total. The number of nitrogens with one attached hydrogen (secondary N) is 1. The Morgan fingerprint density at radius 1 is 1.32 bits per heavy atom. The number of benzene rings is 1.